The van der Waals surface area contributed by atoms with Crippen LogP contribution in [0.3, 0.4) is 0 Å². The van der Waals surface area contributed by atoms with E-state index in [4.69, 9.17) is 17.3 Å². The molecule has 1 aliphatic rings. The molecule has 1 N–H and O–H groups in total. The second-order valence-electron chi connectivity index (χ2n) is 8.10. The van der Waals surface area contributed by atoms with Gasteiger partial charge in [0.15, 0.2) is 0 Å². The number of ether oxygens (including phenoxy) is 2. The monoisotopic (exact) mass is 449 g/mol. The van der Waals surface area contributed by atoms with Gasteiger partial charge in [0.2, 0.25) is 18.1 Å². The summed E-state index contributed by atoms with van der Waals surface area (Å²) in [5.74, 6) is 0.807. The van der Waals surface area contributed by atoms with Gasteiger partial charge in [0, 0.05) is 13.1 Å². The van der Waals surface area contributed by atoms with Crippen molar-refractivity contribution in [2.24, 2.45) is 0 Å². The number of rotatable bonds is 7. The fourth-order valence-electron chi connectivity index (χ4n) is 3.95. The first-order valence-electron chi connectivity index (χ1n) is 11.0. The Labute approximate surface area is 200 Å². The van der Waals surface area contributed by atoms with Gasteiger partial charge in [-0.05, 0) is 29.3 Å². The largest absolute Gasteiger partial charge is 0.473 e. The Bertz CT molecular complexity index is 1270. The second kappa shape index (κ2) is 9.49. The summed E-state index contributed by atoms with van der Waals surface area (Å²) < 4.78 is 12.1. The highest BCUT2D eigenvalue weighted by Crippen LogP contribution is 2.45. The van der Waals surface area contributed by atoms with Crippen LogP contribution in [-0.2, 0) is 13.2 Å². The van der Waals surface area contributed by atoms with E-state index in [1.165, 1.54) is 0 Å². The third-order valence-corrected chi connectivity index (χ3v) is 5.74. The van der Waals surface area contributed by atoms with Gasteiger partial charge in [0.1, 0.15) is 26.7 Å². The van der Waals surface area contributed by atoms with Gasteiger partial charge >= 0.3 is 0 Å². The molecule has 2 heterocycles. The third-order valence-electron chi connectivity index (χ3n) is 5.74. The summed E-state index contributed by atoms with van der Waals surface area (Å²) in [5.41, 5.74) is 4.95. The van der Waals surface area contributed by atoms with E-state index in [2.05, 4.69) is 4.98 Å². The SMILES string of the molecule is [B]c1ccc2c(c1)N(C)C(O)N2c1ccc(OCc2ccccc2)nc1OCc1ccccc1. The molecule has 1 aromatic heterocycles. The Morgan fingerprint density at radius 2 is 1.41 bits per heavy atom. The molecule has 7 heteroatoms. The molecule has 0 bridgehead atoms. The minimum Gasteiger partial charge on any atom is -0.473 e. The molecule has 4 aromatic rings. The number of fused-ring (bicyclic) bond motifs is 1. The number of pyridine rings is 1. The van der Waals surface area contributed by atoms with Crippen LogP contribution in [0.25, 0.3) is 0 Å². The lowest BCUT2D eigenvalue weighted by Gasteiger charge is -2.27. The van der Waals surface area contributed by atoms with Gasteiger partial charge in [0.05, 0.1) is 11.4 Å². The average Bonchev–Trinajstić information content (AvgIpc) is 3.12. The first kappa shape index (κ1) is 21.9. The molecular weight excluding hydrogens is 425 g/mol. The minimum absolute atomic E-state index is 0.331. The summed E-state index contributed by atoms with van der Waals surface area (Å²) in [7, 11) is 7.80. The van der Waals surface area contributed by atoms with Crippen molar-refractivity contribution >= 4 is 30.4 Å². The molecule has 0 amide bonds. The van der Waals surface area contributed by atoms with Crippen molar-refractivity contribution in [2.75, 3.05) is 16.8 Å². The highest BCUT2D eigenvalue weighted by molar-refractivity contribution is 6.32. The van der Waals surface area contributed by atoms with Gasteiger partial charge in [-0.1, -0.05) is 72.2 Å². The number of nitrogens with zero attached hydrogens (tertiary/aromatic N) is 3. The van der Waals surface area contributed by atoms with Gasteiger partial charge in [-0.2, -0.15) is 4.98 Å². The quantitative estimate of drug-likeness (QED) is 0.432. The molecular formula is C27H24BN3O3. The van der Waals surface area contributed by atoms with Crippen LogP contribution in [0.1, 0.15) is 11.1 Å². The smallest absolute Gasteiger partial charge is 0.241 e. The van der Waals surface area contributed by atoms with E-state index in [0.29, 0.717) is 36.1 Å². The molecule has 34 heavy (non-hydrogen) atoms. The molecule has 6 nitrogen and oxygen atoms in total. The zero-order valence-corrected chi connectivity index (χ0v) is 18.8. The van der Waals surface area contributed by atoms with E-state index in [1.807, 2.05) is 92.0 Å². The van der Waals surface area contributed by atoms with Gasteiger partial charge in [-0.3, -0.25) is 4.90 Å². The highest BCUT2D eigenvalue weighted by Gasteiger charge is 2.35. The molecule has 5 rings (SSSR count). The summed E-state index contributed by atoms with van der Waals surface area (Å²) in [5, 5.41) is 11.1. The van der Waals surface area contributed by atoms with E-state index in [0.717, 1.165) is 22.5 Å². The van der Waals surface area contributed by atoms with Crippen LogP contribution < -0.4 is 24.7 Å². The Hall–Kier alpha value is -3.97. The summed E-state index contributed by atoms with van der Waals surface area (Å²) in [4.78, 5) is 8.19. The molecule has 2 radical (unpaired) electrons. The van der Waals surface area contributed by atoms with Gasteiger partial charge in [-0.25, -0.2) is 0 Å². The Morgan fingerprint density at radius 3 is 2.09 bits per heavy atom. The van der Waals surface area contributed by atoms with Crippen molar-refractivity contribution in [2.45, 2.75) is 19.6 Å². The number of benzene rings is 3. The number of hydrogen-bond acceptors (Lipinski definition) is 6. The third kappa shape index (κ3) is 4.43. The van der Waals surface area contributed by atoms with Crippen molar-refractivity contribution < 1.29 is 14.6 Å². The lowest BCUT2D eigenvalue weighted by atomic mass is 9.95. The van der Waals surface area contributed by atoms with Crippen LogP contribution >= 0.6 is 0 Å². The van der Waals surface area contributed by atoms with E-state index in [9.17, 15) is 5.11 Å². The second-order valence-corrected chi connectivity index (χ2v) is 8.10. The summed E-state index contributed by atoms with van der Waals surface area (Å²) in [6.45, 7) is 0.722. The van der Waals surface area contributed by atoms with Crippen molar-refractivity contribution in [3.8, 4) is 11.8 Å². The molecule has 0 spiro atoms. The van der Waals surface area contributed by atoms with E-state index in [-0.39, 0.29) is 0 Å². The van der Waals surface area contributed by atoms with E-state index in [1.54, 1.807) is 15.9 Å². The van der Waals surface area contributed by atoms with E-state index < -0.39 is 6.35 Å². The van der Waals surface area contributed by atoms with Crippen LogP contribution in [0.15, 0.2) is 91.0 Å². The van der Waals surface area contributed by atoms with E-state index >= 15 is 0 Å². The normalized spacial score (nSPS) is 14.7. The first-order chi connectivity index (χ1) is 16.6. The molecule has 0 saturated carbocycles. The highest BCUT2D eigenvalue weighted by atomic mass is 16.5. The Morgan fingerprint density at radius 1 is 0.794 bits per heavy atom. The molecule has 0 fully saturated rings. The summed E-state index contributed by atoms with van der Waals surface area (Å²) in [6, 6.07) is 29.0. The Balaban J connectivity index is 1.48. The van der Waals surface area contributed by atoms with Gasteiger partial charge in [-0.15, -0.1) is 0 Å². The standard InChI is InChI=1S/C27H24BN3O3/c1-30-24-16-21(28)12-13-22(24)31(27(30)32)23-14-15-25(33-17-19-8-4-2-5-9-19)29-26(23)34-18-20-10-6-3-7-11-20/h2-16,27,32H,17-18H2,1H3. The fraction of sp³-hybridized carbons (Fsp3) is 0.148. The lowest BCUT2D eigenvalue weighted by molar-refractivity contribution is 0.187. The molecule has 1 aliphatic heterocycles. The average molecular weight is 449 g/mol. The first-order valence-corrected chi connectivity index (χ1v) is 11.0. The number of aliphatic hydroxyl groups excluding tert-OH is 1. The Kier molecular flexibility index (Phi) is 6.10. The maximum atomic E-state index is 11.1. The molecule has 1 atom stereocenters. The number of aromatic nitrogens is 1. The van der Waals surface area contributed by atoms with Crippen LogP contribution in [0, 0.1) is 0 Å². The number of hydrogen-bond donors (Lipinski definition) is 1. The van der Waals surface area contributed by atoms with Gasteiger partial charge in [0.25, 0.3) is 0 Å². The number of aliphatic hydroxyl groups is 1. The topological polar surface area (TPSA) is 58.1 Å². The number of anilines is 3. The lowest BCUT2D eigenvalue weighted by Crippen LogP contribution is -2.38. The van der Waals surface area contributed by atoms with Crippen molar-refractivity contribution in [3.63, 3.8) is 0 Å². The fourth-order valence-corrected chi connectivity index (χ4v) is 3.95. The maximum absolute atomic E-state index is 11.1. The summed E-state index contributed by atoms with van der Waals surface area (Å²) >= 11 is 0. The molecule has 0 saturated heterocycles. The summed E-state index contributed by atoms with van der Waals surface area (Å²) in [6.07, 6.45) is -0.936. The predicted molar refractivity (Wildman–Crippen MR) is 134 cm³/mol. The maximum Gasteiger partial charge on any atom is 0.241 e. The van der Waals surface area contributed by atoms with Crippen molar-refractivity contribution in [1.82, 2.24) is 4.98 Å². The van der Waals surface area contributed by atoms with Gasteiger partial charge < -0.3 is 19.5 Å². The van der Waals surface area contributed by atoms with Crippen LogP contribution in [0.2, 0.25) is 0 Å². The molecule has 0 aliphatic carbocycles. The molecule has 168 valence electrons. The minimum atomic E-state index is -0.936. The van der Waals surface area contributed by atoms with Crippen LogP contribution in [0.4, 0.5) is 17.1 Å². The predicted octanol–water partition coefficient (Wildman–Crippen LogP) is 3.90. The molecule has 3 aromatic carbocycles. The zero-order chi connectivity index (χ0) is 23.5. The van der Waals surface area contributed by atoms with Crippen molar-refractivity contribution in [1.29, 1.82) is 0 Å². The van der Waals surface area contributed by atoms with Crippen molar-refractivity contribution in [3.05, 3.63) is 102 Å². The van der Waals surface area contributed by atoms with Crippen LogP contribution in [-0.4, -0.2) is 31.3 Å². The zero-order valence-electron chi connectivity index (χ0n) is 18.8. The van der Waals surface area contributed by atoms with Crippen LogP contribution in [0.5, 0.6) is 11.8 Å². The molecule has 1 unspecified atom stereocenters.